The van der Waals surface area contributed by atoms with Gasteiger partial charge in [-0.1, -0.05) is 18.2 Å². The van der Waals surface area contributed by atoms with Gasteiger partial charge in [-0.25, -0.2) is 4.98 Å². The Kier molecular flexibility index (Phi) is 5.63. The van der Waals surface area contributed by atoms with E-state index < -0.39 is 5.91 Å². The third-order valence-corrected chi connectivity index (χ3v) is 7.47. The molecule has 0 unspecified atom stereocenters. The van der Waals surface area contributed by atoms with Gasteiger partial charge in [-0.3, -0.25) is 19.0 Å². The highest BCUT2D eigenvalue weighted by atomic mass is 32.1. The third-order valence-electron chi connectivity index (χ3n) is 6.32. The van der Waals surface area contributed by atoms with Crippen LogP contribution in [0.4, 0.5) is 5.82 Å². The number of nitrogens with zero attached hydrogens (tertiary/aromatic N) is 4. The summed E-state index contributed by atoms with van der Waals surface area (Å²) in [6.45, 7) is 3.89. The van der Waals surface area contributed by atoms with E-state index in [-0.39, 0.29) is 17.5 Å². The first-order valence-electron chi connectivity index (χ1n) is 11.7. The van der Waals surface area contributed by atoms with Gasteiger partial charge < -0.3 is 15.5 Å². The van der Waals surface area contributed by atoms with Crippen LogP contribution in [0.3, 0.4) is 0 Å². The van der Waals surface area contributed by atoms with Gasteiger partial charge in [0.15, 0.2) is 5.65 Å². The van der Waals surface area contributed by atoms with E-state index in [4.69, 9.17) is 4.98 Å². The molecular formula is C26H24N6O2S. The van der Waals surface area contributed by atoms with E-state index in [1.54, 1.807) is 6.20 Å². The lowest BCUT2D eigenvalue weighted by Crippen LogP contribution is -2.30. The minimum atomic E-state index is -0.408. The van der Waals surface area contributed by atoms with Crippen molar-refractivity contribution in [3.05, 3.63) is 82.3 Å². The summed E-state index contributed by atoms with van der Waals surface area (Å²) in [5.74, 6) is 0.436. The SMILES string of the molecule is O=C(NCc1ccccn1)c1c(=O)c2ccc(N3CCCNCC3)nc2n2c1sc1ccccc12. The molecule has 1 saturated heterocycles. The number of carbonyl (C=O) groups excluding carboxylic acids is 1. The summed E-state index contributed by atoms with van der Waals surface area (Å²) >= 11 is 1.43. The molecule has 2 N–H and O–H groups in total. The summed E-state index contributed by atoms with van der Waals surface area (Å²) in [4.78, 5) is 39.1. The van der Waals surface area contributed by atoms with E-state index in [1.165, 1.54) is 11.3 Å². The highest BCUT2D eigenvalue weighted by Gasteiger charge is 2.23. The second kappa shape index (κ2) is 9.09. The van der Waals surface area contributed by atoms with Gasteiger partial charge in [-0.05, 0) is 49.4 Å². The Labute approximate surface area is 205 Å². The van der Waals surface area contributed by atoms with Crippen LogP contribution in [0.25, 0.3) is 26.1 Å². The topological polar surface area (TPSA) is 91.6 Å². The number of benzene rings is 1. The molecule has 5 aromatic rings. The molecule has 0 bridgehead atoms. The maximum atomic E-state index is 13.7. The predicted molar refractivity (Wildman–Crippen MR) is 139 cm³/mol. The molecule has 1 amide bonds. The predicted octanol–water partition coefficient (Wildman–Crippen LogP) is 3.19. The fourth-order valence-electron chi connectivity index (χ4n) is 4.59. The Morgan fingerprint density at radius 3 is 2.83 bits per heavy atom. The van der Waals surface area contributed by atoms with Crippen molar-refractivity contribution < 1.29 is 4.79 Å². The molecule has 0 saturated carbocycles. The molecule has 35 heavy (non-hydrogen) atoms. The molecule has 0 radical (unpaired) electrons. The molecule has 1 aliphatic heterocycles. The molecule has 4 aromatic heterocycles. The van der Waals surface area contributed by atoms with E-state index >= 15 is 0 Å². The standard InChI is InChI=1S/C26H24N6O2S/c33-23-18-9-10-21(31-14-5-11-27-13-15-31)30-24(18)32-19-7-1-2-8-20(19)35-26(32)22(23)25(34)29-16-17-6-3-4-12-28-17/h1-4,6-10,12,27H,5,11,13-16H2,(H,29,34). The van der Waals surface area contributed by atoms with Crippen LogP contribution in [-0.2, 0) is 6.54 Å². The molecular weight excluding hydrogens is 460 g/mol. The van der Waals surface area contributed by atoms with Crippen molar-refractivity contribution in [2.45, 2.75) is 13.0 Å². The number of carbonyl (C=O) groups is 1. The third kappa shape index (κ3) is 3.92. The summed E-state index contributed by atoms with van der Waals surface area (Å²) in [6, 6.07) is 17.2. The number of amides is 1. The molecule has 8 nitrogen and oxygen atoms in total. The minimum Gasteiger partial charge on any atom is -0.355 e. The molecule has 0 atom stereocenters. The highest BCUT2D eigenvalue weighted by Crippen LogP contribution is 2.31. The summed E-state index contributed by atoms with van der Waals surface area (Å²) in [7, 11) is 0. The van der Waals surface area contributed by atoms with Crippen LogP contribution in [0.15, 0.2) is 65.6 Å². The van der Waals surface area contributed by atoms with Crippen molar-refractivity contribution >= 4 is 49.1 Å². The number of pyridine rings is 3. The lowest BCUT2D eigenvalue weighted by Gasteiger charge is -2.21. The zero-order chi connectivity index (χ0) is 23.8. The molecule has 1 aliphatic rings. The first-order chi connectivity index (χ1) is 17.2. The van der Waals surface area contributed by atoms with Crippen molar-refractivity contribution in [2.24, 2.45) is 0 Å². The van der Waals surface area contributed by atoms with E-state index in [9.17, 15) is 9.59 Å². The van der Waals surface area contributed by atoms with Crippen molar-refractivity contribution in [3.8, 4) is 0 Å². The average Bonchev–Trinajstić information content (AvgIpc) is 3.06. The molecule has 176 valence electrons. The lowest BCUT2D eigenvalue weighted by molar-refractivity contribution is 0.0951. The number of anilines is 1. The number of fused-ring (bicyclic) bond motifs is 5. The molecule has 5 heterocycles. The fraction of sp³-hybridized carbons (Fsp3) is 0.231. The van der Waals surface area contributed by atoms with Gasteiger partial charge in [-0.2, -0.15) is 0 Å². The maximum Gasteiger partial charge on any atom is 0.258 e. The van der Waals surface area contributed by atoms with E-state index in [0.29, 0.717) is 15.9 Å². The number of hydrogen-bond acceptors (Lipinski definition) is 7. The van der Waals surface area contributed by atoms with Gasteiger partial charge in [0.05, 0.1) is 27.8 Å². The number of rotatable bonds is 4. The summed E-state index contributed by atoms with van der Waals surface area (Å²) in [5.41, 5.74) is 2.08. The van der Waals surface area contributed by atoms with Crippen LogP contribution < -0.4 is 21.0 Å². The van der Waals surface area contributed by atoms with E-state index in [1.807, 2.05) is 59.0 Å². The smallest absolute Gasteiger partial charge is 0.258 e. The number of thiazole rings is 1. The fourth-order valence-corrected chi connectivity index (χ4v) is 5.77. The van der Waals surface area contributed by atoms with Gasteiger partial charge in [0.25, 0.3) is 5.91 Å². The number of nitrogens with one attached hydrogen (secondary N) is 2. The molecule has 0 aliphatic carbocycles. The Bertz CT molecular complexity index is 1600. The Balaban J connectivity index is 1.53. The van der Waals surface area contributed by atoms with Crippen molar-refractivity contribution in [1.29, 1.82) is 0 Å². The first kappa shape index (κ1) is 21.7. The second-order valence-corrected chi connectivity index (χ2v) is 9.58. The summed E-state index contributed by atoms with van der Waals surface area (Å²) in [5, 5.41) is 6.73. The van der Waals surface area contributed by atoms with Crippen LogP contribution in [0.2, 0.25) is 0 Å². The van der Waals surface area contributed by atoms with E-state index in [2.05, 4.69) is 20.5 Å². The average molecular weight is 485 g/mol. The molecule has 9 heteroatoms. The quantitative estimate of drug-likeness (QED) is 0.407. The van der Waals surface area contributed by atoms with Crippen LogP contribution in [0.1, 0.15) is 22.5 Å². The maximum absolute atomic E-state index is 13.7. The van der Waals surface area contributed by atoms with Crippen LogP contribution in [0.5, 0.6) is 0 Å². The normalized spacial score (nSPS) is 14.5. The summed E-state index contributed by atoms with van der Waals surface area (Å²) in [6.07, 6.45) is 2.71. The molecule has 1 aromatic carbocycles. The van der Waals surface area contributed by atoms with Crippen molar-refractivity contribution in [3.63, 3.8) is 0 Å². The Morgan fingerprint density at radius 2 is 1.94 bits per heavy atom. The number of para-hydroxylation sites is 1. The first-order valence-corrected chi connectivity index (χ1v) is 12.5. The zero-order valence-electron chi connectivity index (χ0n) is 19.0. The number of hydrogen-bond donors (Lipinski definition) is 2. The van der Waals surface area contributed by atoms with Gasteiger partial charge in [0.1, 0.15) is 16.2 Å². The van der Waals surface area contributed by atoms with Gasteiger partial charge >= 0.3 is 0 Å². The zero-order valence-corrected chi connectivity index (χ0v) is 19.8. The lowest BCUT2D eigenvalue weighted by atomic mass is 10.1. The van der Waals surface area contributed by atoms with Crippen LogP contribution in [-0.4, -0.2) is 46.5 Å². The largest absolute Gasteiger partial charge is 0.355 e. The second-order valence-electron chi connectivity index (χ2n) is 8.55. The van der Waals surface area contributed by atoms with Crippen LogP contribution in [0, 0.1) is 0 Å². The molecule has 6 rings (SSSR count). The van der Waals surface area contributed by atoms with Gasteiger partial charge in [-0.15, -0.1) is 11.3 Å². The van der Waals surface area contributed by atoms with Crippen LogP contribution >= 0.6 is 11.3 Å². The Morgan fingerprint density at radius 1 is 1.06 bits per heavy atom. The molecule has 1 fully saturated rings. The van der Waals surface area contributed by atoms with Gasteiger partial charge in [0.2, 0.25) is 5.43 Å². The monoisotopic (exact) mass is 484 g/mol. The van der Waals surface area contributed by atoms with Gasteiger partial charge in [0, 0.05) is 25.8 Å². The number of aromatic nitrogens is 3. The highest BCUT2D eigenvalue weighted by molar-refractivity contribution is 7.24. The van der Waals surface area contributed by atoms with E-state index in [0.717, 1.165) is 54.3 Å². The Hall–Kier alpha value is -3.82. The van der Waals surface area contributed by atoms with Crippen molar-refractivity contribution in [1.82, 2.24) is 25.0 Å². The molecule has 0 spiro atoms. The minimum absolute atomic E-state index is 0.142. The summed E-state index contributed by atoms with van der Waals surface area (Å²) < 4.78 is 2.95. The van der Waals surface area contributed by atoms with Crippen molar-refractivity contribution in [2.75, 3.05) is 31.1 Å².